The van der Waals surface area contributed by atoms with Gasteiger partial charge in [0.05, 0.1) is 26.2 Å². The average molecular weight is 778 g/mol. The lowest BCUT2D eigenvalue weighted by Gasteiger charge is -2.33. The van der Waals surface area contributed by atoms with Crippen molar-refractivity contribution in [3.8, 4) is 0 Å². The quantitative estimate of drug-likeness (QED) is 0.0985. The van der Waals surface area contributed by atoms with Crippen molar-refractivity contribution in [1.82, 2.24) is 39.8 Å². The lowest BCUT2D eigenvalue weighted by Crippen LogP contribution is -2.52. The highest BCUT2D eigenvalue weighted by Crippen LogP contribution is 2.22. The van der Waals surface area contributed by atoms with Crippen molar-refractivity contribution in [2.45, 2.75) is 16.8 Å². The molecule has 19 nitrogen and oxygen atoms in total. The van der Waals surface area contributed by atoms with Crippen LogP contribution < -0.4 is 15.4 Å². The number of nitrogens with one attached hydrogen (secondary N) is 3. The predicted molar refractivity (Wildman–Crippen MR) is 193 cm³/mol. The van der Waals surface area contributed by atoms with Crippen LogP contribution in [-0.2, 0) is 40.4 Å². The largest absolute Gasteiger partial charge is 0.480 e. The Balaban J connectivity index is 1.55. The fourth-order valence-electron chi connectivity index (χ4n) is 5.78. The maximum absolute atomic E-state index is 13.7. The fourth-order valence-corrected chi connectivity index (χ4v) is 7.51. The molecule has 1 aromatic heterocycles. The summed E-state index contributed by atoms with van der Waals surface area (Å²) in [6.07, 6.45) is 0.0605. The average Bonchev–Trinajstić information content (AvgIpc) is 3.58. The van der Waals surface area contributed by atoms with E-state index in [1.54, 1.807) is 19.6 Å². The zero-order valence-corrected chi connectivity index (χ0v) is 30.6. The van der Waals surface area contributed by atoms with Gasteiger partial charge in [0.1, 0.15) is 6.04 Å². The van der Waals surface area contributed by atoms with E-state index < -0.39 is 45.8 Å². The Labute approximate surface area is 309 Å². The molecule has 0 aliphatic carbocycles. The molecule has 0 saturated carbocycles. The van der Waals surface area contributed by atoms with Crippen LogP contribution in [0.3, 0.4) is 0 Å². The molecule has 2 aromatic carbocycles. The van der Waals surface area contributed by atoms with E-state index in [1.807, 2.05) is 42.5 Å². The number of sulfonamides is 1. The molecule has 0 spiro atoms. The first kappa shape index (κ1) is 41.1. The third-order valence-corrected chi connectivity index (χ3v) is 11.1. The second-order valence-electron chi connectivity index (χ2n) is 12.3. The predicted octanol–water partition coefficient (Wildman–Crippen LogP) is -1.26. The third-order valence-electron chi connectivity index (χ3n) is 8.46. The Morgan fingerprint density at radius 1 is 0.736 bits per heavy atom. The Bertz CT molecular complexity index is 1840. The number of nitrogens with zero attached hydrogens (tertiary/aromatic N) is 6. The van der Waals surface area contributed by atoms with Gasteiger partial charge in [-0.3, -0.25) is 48.9 Å². The molecule has 1 fully saturated rings. The first-order valence-corrected chi connectivity index (χ1v) is 18.9. The number of carbonyl (C=O) groups excluding carboxylic acids is 2. The fraction of sp³-hybridized carbons (Fsp3) is 0.469. The summed E-state index contributed by atoms with van der Waals surface area (Å²) in [7, 11) is -2.70. The highest BCUT2D eigenvalue weighted by atomic mass is 32.2. The van der Waals surface area contributed by atoms with Gasteiger partial charge in [0.15, 0.2) is 0 Å². The number of amides is 2. The zero-order chi connectivity index (χ0) is 38.5. The number of hydrogen-bond acceptors (Lipinski definition) is 14. The topological polar surface area (TPSA) is 255 Å². The molecule has 21 heteroatoms. The molecule has 288 valence electrons. The minimum Gasteiger partial charge on any atom is -0.480 e. The molecule has 0 bridgehead atoms. The van der Waals surface area contributed by atoms with E-state index >= 15 is 0 Å². The monoisotopic (exact) mass is 777 g/mol. The molecular weight excluding hydrogens is 735 g/mol. The van der Waals surface area contributed by atoms with E-state index in [-0.39, 0.29) is 94.4 Å². The summed E-state index contributed by atoms with van der Waals surface area (Å²) in [6.45, 7) is 0.539. The molecular formula is C32H43N9O10S2. The maximum Gasteiger partial charge on any atom is 0.317 e. The number of carbonyl (C=O) groups is 5. The summed E-state index contributed by atoms with van der Waals surface area (Å²) in [5.74, 6) is -4.43. The van der Waals surface area contributed by atoms with Crippen LogP contribution in [-0.4, -0.2) is 175 Å². The van der Waals surface area contributed by atoms with E-state index in [4.69, 9.17) is 0 Å². The summed E-state index contributed by atoms with van der Waals surface area (Å²) in [5, 5.41) is 42.9. The molecule has 0 radical (unpaired) electrons. The van der Waals surface area contributed by atoms with Gasteiger partial charge in [0.25, 0.3) is 10.0 Å². The Morgan fingerprint density at radius 2 is 1.23 bits per heavy atom. The van der Waals surface area contributed by atoms with Gasteiger partial charge in [-0.15, -0.1) is 10.2 Å². The molecule has 6 N–H and O–H groups in total. The molecule has 1 aliphatic heterocycles. The lowest BCUT2D eigenvalue weighted by molar-refractivity contribution is -0.140. The van der Waals surface area contributed by atoms with Crippen LogP contribution in [0, 0.1) is 0 Å². The SMILES string of the molecule is CNS(=O)(=O)c1nnc(NC(=O)C(Cc2cccc3ccccc23)NC(=O)CN2CCN(CC(=O)O)CCN(CC(=O)O)CCN(CC(=O)O)CC2)s1. The number of rotatable bonds is 15. The molecule has 1 atom stereocenters. The van der Waals surface area contributed by atoms with Crippen LogP contribution in [0.5, 0.6) is 0 Å². The van der Waals surface area contributed by atoms with E-state index in [0.717, 1.165) is 16.3 Å². The van der Waals surface area contributed by atoms with Gasteiger partial charge in [0.2, 0.25) is 21.3 Å². The second kappa shape index (κ2) is 19.4. The molecule has 53 heavy (non-hydrogen) atoms. The Kier molecular flexibility index (Phi) is 15.1. The van der Waals surface area contributed by atoms with Crippen LogP contribution in [0.4, 0.5) is 5.13 Å². The number of anilines is 1. The number of hydrogen-bond donors (Lipinski definition) is 6. The number of fused-ring (bicyclic) bond motifs is 1. The van der Waals surface area contributed by atoms with Crippen LogP contribution in [0.2, 0.25) is 0 Å². The van der Waals surface area contributed by atoms with Crippen molar-refractivity contribution in [1.29, 1.82) is 0 Å². The van der Waals surface area contributed by atoms with Gasteiger partial charge in [-0.25, -0.2) is 13.1 Å². The summed E-state index contributed by atoms with van der Waals surface area (Å²) < 4.78 is 26.2. The smallest absolute Gasteiger partial charge is 0.317 e. The standard InChI is InChI=1S/C32H43N9O10S2/c1-33-53(50,51)32-37-36-31(52-32)35-30(49)25(17-23-7-4-6-22-5-2-3-8-24(22)23)34-26(42)18-38-9-11-39(19-27(43)44)13-15-41(21-29(47)48)16-14-40(12-10-38)20-28(45)46/h2-8,25,33H,9-21H2,1H3,(H,34,42)(H,43,44)(H,45,46)(H,47,48)(H,35,36,49). The Morgan fingerprint density at radius 3 is 1.74 bits per heavy atom. The van der Waals surface area contributed by atoms with Crippen molar-refractivity contribution in [3.05, 3.63) is 48.0 Å². The Hall–Kier alpha value is -4.64. The molecule has 3 aromatic rings. The van der Waals surface area contributed by atoms with Crippen molar-refractivity contribution >= 4 is 67.0 Å². The molecule has 1 saturated heterocycles. The van der Waals surface area contributed by atoms with Crippen molar-refractivity contribution < 1.29 is 47.7 Å². The summed E-state index contributed by atoms with van der Waals surface area (Å²) in [5.41, 5.74) is 0.760. The number of aromatic nitrogens is 2. The highest BCUT2D eigenvalue weighted by molar-refractivity contribution is 7.91. The summed E-state index contributed by atoms with van der Waals surface area (Å²) in [6, 6.07) is 12.0. The van der Waals surface area contributed by atoms with Crippen molar-refractivity contribution in [2.75, 3.05) is 90.9 Å². The van der Waals surface area contributed by atoms with Crippen molar-refractivity contribution in [2.24, 2.45) is 0 Å². The molecule has 1 unspecified atom stereocenters. The van der Waals surface area contributed by atoms with E-state index in [2.05, 4.69) is 25.6 Å². The van der Waals surface area contributed by atoms with Gasteiger partial charge < -0.3 is 20.6 Å². The molecule has 1 aliphatic rings. The zero-order valence-electron chi connectivity index (χ0n) is 29.0. The molecule has 4 rings (SSSR count). The van der Waals surface area contributed by atoms with E-state index in [9.17, 15) is 47.7 Å². The lowest BCUT2D eigenvalue weighted by atomic mass is 9.98. The third kappa shape index (κ3) is 13.1. The summed E-state index contributed by atoms with van der Waals surface area (Å²) >= 11 is 0.639. The molecule has 2 amide bonds. The van der Waals surface area contributed by atoms with Crippen LogP contribution in [0.1, 0.15) is 5.56 Å². The number of aliphatic carboxylic acids is 3. The maximum atomic E-state index is 13.7. The normalized spacial score (nSPS) is 16.6. The van der Waals surface area contributed by atoms with Gasteiger partial charge in [-0.05, 0) is 23.4 Å². The van der Waals surface area contributed by atoms with Gasteiger partial charge in [-0.2, -0.15) is 0 Å². The van der Waals surface area contributed by atoms with E-state index in [1.165, 1.54) is 7.05 Å². The van der Waals surface area contributed by atoms with Crippen molar-refractivity contribution in [3.63, 3.8) is 0 Å². The van der Waals surface area contributed by atoms with Gasteiger partial charge in [0, 0.05) is 58.8 Å². The number of carboxylic acids is 3. The number of benzene rings is 2. The van der Waals surface area contributed by atoms with Crippen LogP contribution >= 0.6 is 11.3 Å². The van der Waals surface area contributed by atoms with Gasteiger partial charge >= 0.3 is 17.9 Å². The minimum atomic E-state index is -3.92. The number of carboxylic acid groups (broad SMARTS) is 3. The minimum absolute atomic E-state index is 0.0605. The summed E-state index contributed by atoms with van der Waals surface area (Å²) in [4.78, 5) is 68.9. The van der Waals surface area contributed by atoms with Gasteiger partial charge in [-0.1, -0.05) is 53.8 Å². The first-order chi connectivity index (χ1) is 25.2. The van der Waals surface area contributed by atoms with Crippen LogP contribution in [0.15, 0.2) is 46.8 Å². The van der Waals surface area contributed by atoms with E-state index in [0.29, 0.717) is 11.3 Å². The first-order valence-electron chi connectivity index (χ1n) is 16.6. The highest BCUT2D eigenvalue weighted by Gasteiger charge is 2.27. The second-order valence-corrected chi connectivity index (χ2v) is 15.4. The van der Waals surface area contributed by atoms with Crippen LogP contribution in [0.25, 0.3) is 10.8 Å². The molecule has 2 heterocycles.